The lowest BCUT2D eigenvalue weighted by Crippen LogP contribution is -2.27. The predicted octanol–water partition coefficient (Wildman–Crippen LogP) is 5.58. The molecule has 3 aromatic rings. The molecule has 2 aromatic heterocycles. The largest absolute Gasteiger partial charge is 0.494 e. The molecule has 4 nitrogen and oxygen atoms in total. The van der Waals surface area contributed by atoms with Gasteiger partial charge in [-0.3, -0.25) is 0 Å². The Kier molecular flexibility index (Phi) is 4.69. The van der Waals surface area contributed by atoms with E-state index in [9.17, 15) is 0 Å². The highest BCUT2D eigenvalue weighted by Gasteiger charge is 2.20. The van der Waals surface area contributed by atoms with Crippen LogP contribution in [0.1, 0.15) is 38.4 Å². The lowest BCUT2D eigenvalue weighted by atomic mass is 10.0. The van der Waals surface area contributed by atoms with Crippen molar-refractivity contribution in [2.75, 3.05) is 11.9 Å². The second-order valence-corrected chi connectivity index (χ2v) is 8.37. The number of ether oxygens (including phenoxy) is 1. The van der Waals surface area contributed by atoms with Gasteiger partial charge in [-0.25, -0.2) is 9.97 Å². The molecule has 5 heteroatoms. The summed E-state index contributed by atoms with van der Waals surface area (Å²) >= 11 is 1.72. The van der Waals surface area contributed by atoms with E-state index in [4.69, 9.17) is 9.72 Å². The number of aryl methyl sites for hydroxylation is 2. The van der Waals surface area contributed by atoms with Crippen molar-refractivity contribution >= 4 is 27.4 Å². The van der Waals surface area contributed by atoms with E-state index in [0.29, 0.717) is 6.61 Å². The zero-order valence-corrected chi connectivity index (χ0v) is 16.5. The fraction of sp³-hybridized carbons (Fsp3) is 0.400. The van der Waals surface area contributed by atoms with Gasteiger partial charge in [0, 0.05) is 16.0 Å². The molecule has 1 N–H and O–H groups in total. The first-order valence-corrected chi connectivity index (χ1v) is 9.39. The third kappa shape index (κ3) is 3.76. The Bertz CT molecular complexity index is 892. The van der Waals surface area contributed by atoms with Gasteiger partial charge in [0.25, 0.3) is 0 Å². The molecule has 0 unspecified atom stereocenters. The minimum atomic E-state index is -0.0698. The molecule has 0 fully saturated rings. The molecule has 0 spiro atoms. The van der Waals surface area contributed by atoms with Gasteiger partial charge in [0.2, 0.25) is 0 Å². The maximum Gasteiger partial charge on any atom is 0.139 e. The number of fused-ring (bicyclic) bond motifs is 1. The average molecular weight is 356 g/mol. The summed E-state index contributed by atoms with van der Waals surface area (Å²) < 4.78 is 5.57. The van der Waals surface area contributed by atoms with Gasteiger partial charge in [-0.05, 0) is 59.2 Å². The minimum absolute atomic E-state index is 0.0698. The molecule has 0 amide bonds. The van der Waals surface area contributed by atoms with Gasteiger partial charge >= 0.3 is 0 Å². The topological polar surface area (TPSA) is 47.0 Å². The van der Waals surface area contributed by atoms with Crippen LogP contribution in [0.4, 0.5) is 5.82 Å². The highest BCUT2D eigenvalue weighted by atomic mass is 32.1. The van der Waals surface area contributed by atoms with E-state index >= 15 is 0 Å². The first-order chi connectivity index (χ1) is 11.8. The fourth-order valence-electron chi connectivity index (χ4n) is 2.90. The van der Waals surface area contributed by atoms with Crippen molar-refractivity contribution in [1.29, 1.82) is 0 Å². The average Bonchev–Trinajstić information content (AvgIpc) is 2.83. The Balaban J connectivity index is 2.19. The Morgan fingerprint density at radius 1 is 1.08 bits per heavy atom. The number of nitrogens with zero attached hydrogens (tertiary/aromatic N) is 2. The van der Waals surface area contributed by atoms with Crippen LogP contribution in [0, 0.1) is 13.8 Å². The molecule has 0 aliphatic carbocycles. The summed E-state index contributed by atoms with van der Waals surface area (Å²) in [4.78, 5) is 11.6. The number of anilines is 1. The lowest BCUT2D eigenvalue weighted by molar-refractivity contribution is 0.340. The molecular weight excluding hydrogens is 330 g/mol. The third-order valence-electron chi connectivity index (χ3n) is 3.79. The van der Waals surface area contributed by atoms with Gasteiger partial charge in [0.05, 0.1) is 12.0 Å². The van der Waals surface area contributed by atoms with Crippen molar-refractivity contribution in [2.24, 2.45) is 0 Å². The van der Waals surface area contributed by atoms with Crippen molar-refractivity contribution in [3.05, 3.63) is 35.0 Å². The molecular formula is C20H25N3OS. The monoisotopic (exact) mass is 355 g/mol. The Labute approximate surface area is 153 Å². The molecule has 2 heterocycles. The van der Waals surface area contributed by atoms with Gasteiger partial charge in [0.1, 0.15) is 22.2 Å². The number of nitrogens with one attached hydrogen (secondary N) is 1. The predicted molar refractivity (Wildman–Crippen MR) is 107 cm³/mol. The second-order valence-electron chi connectivity index (χ2n) is 7.17. The van der Waals surface area contributed by atoms with Crippen LogP contribution >= 0.6 is 11.3 Å². The van der Waals surface area contributed by atoms with Crippen LogP contribution in [0.25, 0.3) is 21.3 Å². The molecule has 0 aliphatic heterocycles. The van der Waals surface area contributed by atoms with Crippen LogP contribution in [0.5, 0.6) is 5.75 Å². The van der Waals surface area contributed by atoms with E-state index in [-0.39, 0.29) is 5.54 Å². The zero-order chi connectivity index (χ0) is 18.2. The fourth-order valence-corrected chi connectivity index (χ4v) is 3.99. The molecule has 0 bridgehead atoms. The Morgan fingerprint density at radius 2 is 1.76 bits per heavy atom. The van der Waals surface area contributed by atoms with Gasteiger partial charge in [0.15, 0.2) is 0 Å². The SMILES string of the molecule is CCOc1ccc(-c2c(C)sc3nc(C)nc(NC(C)(C)C)c23)cc1. The van der Waals surface area contributed by atoms with E-state index in [0.717, 1.165) is 33.2 Å². The zero-order valence-electron chi connectivity index (χ0n) is 15.7. The number of aromatic nitrogens is 2. The number of rotatable bonds is 4. The standard InChI is InChI=1S/C20H25N3OS/c1-7-24-15-10-8-14(9-11-15)16-12(2)25-19-17(16)18(21-13(3)22-19)23-20(4,5)6/h8-11H,7H2,1-6H3,(H,21,22,23). The summed E-state index contributed by atoms with van der Waals surface area (Å²) in [5.74, 6) is 2.59. The van der Waals surface area contributed by atoms with Crippen LogP contribution < -0.4 is 10.1 Å². The summed E-state index contributed by atoms with van der Waals surface area (Å²) in [7, 11) is 0. The van der Waals surface area contributed by atoms with E-state index < -0.39 is 0 Å². The van der Waals surface area contributed by atoms with Gasteiger partial charge in [-0.15, -0.1) is 11.3 Å². The van der Waals surface area contributed by atoms with Crippen molar-refractivity contribution in [3.8, 4) is 16.9 Å². The summed E-state index contributed by atoms with van der Waals surface area (Å²) in [5.41, 5.74) is 2.30. The van der Waals surface area contributed by atoms with E-state index in [2.05, 4.69) is 50.1 Å². The molecule has 1 aromatic carbocycles. The summed E-state index contributed by atoms with van der Waals surface area (Å²) in [5, 5.41) is 4.65. The van der Waals surface area contributed by atoms with Crippen molar-refractivity contribution in [1.82, 2.24) is 9.97 Å². The molecule has 0 aliphatic rings. The Hall–Kier alpha value is -2.14. The van der Waals surface area contributed by atoms with Gasteiger partial charge in [-0.2, -0.15) is 0 Å². The second kappa shape index (κ2) is 6.64. The summed E-state index contributed by atoms with van der Waals surface area (Å²) in [6.07, 6.45) is 0. The molecule has 0 radical (unpaired) electrons. The molecule has 0 saturated carbocycles. The quantitative estimate of drug-likeness (QED) is 0.663. The van der Waals surface area contributed by atoms with Crippen LogP contribution in [-0.2, 0) is 0 Å². The van der Waals surface area contributed by atoms with Crippen molar-refractivity contribution in [3.63, 3.8) is 0 Å². The summed E-state index contributed by atoms with van der Waals surface area (Å²) in [6, 6.07) is 8.27. The Morgan fingerprint density at radius 3 is 2.36 bits per heavy atom. The van der Waals surface area contributed by atoms with Crippen molar-refractivity contribution < 1.29 is 4.74 Å². The van der Waals surface area contributed by atoms with Gasteiger partial charge < -0.3 is 10.1 Å². The minimum Gasteiger partial charge on any atom is -0.494 e. The number of thiophene rings is 1. The first kappa shape index (κ1) is 17.7. The number of benzene rings is 1. The maximum atomic E-state index is 5.57. The molecule has 25 heavy (non-hydrogen) atoms. The van der Waals surface area contributed by atoms with E-state index in [1.807, 2.05) is 26.0 Å². The molecule has 132 valence electrons. The van der Waals surface area contributed by atoms with E-state index in [1.165, 1.54) is 10.4 Å². The molecule has 3 rings (SSSR count). The highest BCUT2D eigenvalue weighted by Crippen LogP contribution is 2.41. The normalized spacial score (nSPS) is 11.8. The van der Waals surface area contributed by atoms with Crippen LogP contribution in [0.3, 0.4) is 0 Å². The number of hydrogen-bond donors (Lipinski definition) is 1. The highest BCUT2D eigenvalue weighted by molar-refractivity contribution is 7.19. The molecule has 0 saturated heterocycles. The lowest BCUT2D eigenvalue weighted by Gasteiger charge is -2.22. The van der Waals surface area contributed by atoms with Crippen LogP contribution in [-0.4, -0.2) is 22.1 Å². The van der Waals surface area contributed by atoms with E-state index in [1.54, 1.807) is 11.3 Å². The van der Waals surface area contributed by atoms with Crippen LogP contribution in [0.2, 0.25) is 0 Å². The number of hydrogen-bond acceptors (Lipinski definition) is 5. The molecule has 0 atom stereocenters. The smallest absolute Gasteiger partial charge is 0.139 e. The first-order valence-electron chi connectivity index (χ1n) is 8.57. The summed E-state index contributed by atoms with van der Waals surface area (Å²) in [6.45, 7) is 13.2. The van der Waals surface area contributed by atoms with Crippen molar-refractivity contribution in [2.45, 2.75) is 47.1 Å². The van der Waals surface area contributed by atoms with Crippen LogP contribution in [0.15, 0.2) is 24.3 Å². The van der Waals surface area contributed by atoms with Gasteiger partial charge in [-0.1, -0.05) is 12.1 Å². The third-order valence-corrected chi connectivity index (χ3v) is 4.79. The maximum absolute atomic E-state index is 5.57.